The molecule has 3 rings (SSSR count). The van der Waals surface area contributed by atoms with Crippen LogP contribution in [0.15, 0.2) is 45.0 Å². The van der Waals surface area contributed by atoms with Crippen LogP contribution in [0.2, 0.25) is 0 Å². The number of halogens is 1. The lowest BCUT2D eigenvalue weighted by atomic mass is 10.3. The van der Waals surface area contributed by atoms with Gasteiger partial charge in [0.1, 0.15) is 10.0 Å². The highest BCUT2D eigenvalue weighted by Crippen LogP contribution is 2.27. The zero-order chi connectivity index (χ0) is 21.6. The van der Waals surface area contributed by atoms with Crippen LogP contribution in [-0.4, -0.2) is 52.2 Å². The third-order valence-electron chi connectivity index (χ3n) is 3.94. The maximum Gasteiger partial charge on any atom is 0.250 e. The second-order valence-corrected chi connectivity index (χ2v) is 10.2. The van der Waals surface area contributed by atoms with E-state index in [-0.39, 0.29) is 16.9 Å². The summed E-state index contributed by atoms with van der Waals surface area (Å²) < 4.78 is 30.3. The van der Waals surface area contributed by atoms with Gasteiger partial charge < -0.3 is 20.3 Å². The molecule has 0 bridgehead atoms. The molecule has 0 aliphatic carbocycles. The van der Waals surface area contributed by atoms with Crippen molar-refractivity contribution < 1.29 is 13.5 Å². The molecular formula is C17H22BrN7O3S2. The maximum atomic E-state index is 12.5. The van der Waals surface area contributed by atoms with Gasteiger partial charge in [-0.2, -0.15) is 4.98 Å². The van der Waals surface area contributed by atoms with Crippen LogP contribution in [0.1, 0.15) is 13.3 Å². The fraction of sp³-hybridized carbons (Fsp3) is 0.353. The quantitative estimate of drug-likeness (QED) is 0.286. The predicted octanol–water partition coefficient (Wildman–Crippen LogP) is 2.40. The highest BCUT2D eigenvalue weighted by molar-refractivity contribution is 9.10. The third-order valence-corrected chi connectivity index (χ3v) is 7.42. The first-order chi connectivity index (χ1) is 14.4. The molecular weight excluding hydrogens is 494 g/mol. The van der Waals surface area contributed by atoms with Gasteiger partial charge in [-0.1, -0.05) is 0 Å². The van der Waals surface area contributed by atoms with E-state index in [4.69, 9.17) is 0 Å². The molecule has 0 fully saturated rings. The van der Waals surface area contributed by atoms with Gasteiger partial charge in [-0.3, -0.25) is 0 Å². The molecule has 0 saturated carbocycles. The molecule has 30 heavy (non-hydrogen) atoms. The minimum atomic E-state index is -3.59. The first-order valence-electron chi connectivity index (χ1n) is 9.08. The Bertz CT molecular complexity index is 1060. The van der Waals surface area contributed by atoms with Gasteiger partial charge in [0, 0.05) is 43.1 Å². The normalized spacial score (nSPS) is 12.6. The van der Waals surface area contributed by atoms with Crippen molar-refractivity contribution >= 4 is 54.7 Å². The summed E-state index contributed by atoms with van der Waals surface area (Å²) in [5.41, 5.74) is 0.572. The molecule has 3 aromatic rings. The van der Waals surface area contributed by atoms with Crippen LogP contribution in [0, 0.1) is 0 Å². The lowest BCUT2D eigenvalue weighted by Gasteiger charge is -2.13. The number of thiophene rings is 1. The molecule has 0 aliphatic heterocycles. The lowest BCUT2D eigenvalue weighted by Crippen LogP contribution is -2.24. The number of imidazole rings is 1. The molecule has 0 amide bonds. The van der Waals surface area contributed by atoms with E-state index in [1.807, 2.05) is 17.7 Å². The second-order valence-electron chi connectivity index (χ2n) is 6.45. The van der Waals surface area contributed by atoms with Crippen LogP contribution in [0.5, 0.6) is 0 Å². The molecule has 0 unspecified atom stereocenters. The van der Waals surface area contributed by atoms with E-state index in [2.05, 4.69) is 46.2 Å². The Morgan fingerprint density at radius 2 is 2.23 bits per heavy atom. The number of hydrogen-bond acceptors (Lipinski definition) is 9. The van der Waals surface area contributed by atoms with Gasteiger partial charge in [0.25, 0.3) is 0 Å². The molecule has 0 aromatic carbocycles. The van der Waals surface area contributed by atoms with E-state index in [0.717, 1.165) is 11.3 Å². The second kappa shape index (κ2) is 10.3. The summed E-state index contributed by atoms with van der Waals surface area (Å²) in [7, 11) is -3.59. The van der Waals surface area contributed by atoms with Crippen molar-refractivity contribution in [3.63, 3.8) is 0 Å². The number of hydrogen-bond donors (Lipinski definition) is 4. The van der Waals surface area contributed by atoms with Crippen molar-refractivity contribution in [2.75, 3.05) is 23.8 Å². The number of aromatic nitrogens is 4. The van der Waals surface area contributed by atoms with Gasteiger partial charge in [-0.05, 0) is 35.3 Å². The van der Waals surface area contributed by atoms with Gasteiger partial charge in [-0.25, -0.2) is 23.1 Å². The average molecular weight is 516 g/mol. The molecule has 0 spiro atoms. The standard InChI is InChI=1S/C17H22BrN7O3S2/c1-12(9-26)22-16-14(18)8-20-17(24-16)23-13-7-15(29-10-13)30(27,28)21-3-2-5-25-6-4-19-11-25/h4,6-8,10-12,21,26H,2-3,5,9H2,1H3,(H2,20,22,23,24)/t12-/m1/s1. The fourth-order valence-corrected chi connectivity index (χ4v) is 4.95. The average Bonchev–Trinajstić information content (AvgIpc) is 3.40. The number of aliphatic hydroxyl groups is 1. The van der Waals surface area contributed by atoms with E-state index in [9.17, 15) is 13.5 Å². The molecule has 0 saturated heterocycles. The number of sulfonamides is 1. The first kappa shape index (κ1) is 22.6. The van der Waals surface area contributed by atoms with Crippen molar-refractivity contribution in [2.24, 2.45) is 0 Å². The Labute approximate surface area is 187 Å². The molecule has 3 heterocycles. The topological polar surface area (TPSA) is 134 Å². The highest BCUT2D eigenvalue weighted by Gasteiger charge is 2.17. The number of rotatable bonds is 11. The minimum Gasteiger partial charge on any atom is -0.394 e. The largest absolute Gasteiger partial charge is 0.394 e. The smallest absolute Gasteiger partial charge is 0.250 e. The Kier molecular flexibility index (Phi) is 7.77. The summed E-state index contributed by atoms with van der Waals surface area (Å²) in [4.78, 5) is 12.5. The van der Waals surface area contributed by atoms with Crippen LogP contribution in [0.4, 0.5) is 17.5 Å². The monoisotopic (exact) mass is 515 g/mol. The van der Waals surface area contributed by atoms with Crippen molar-refractivity contribution in [3.8, 4) is 0 Å². The van der Waals surface area contributed by atoms with Crippen molar-refractivity contribution in [2.45, 2.75) is 30.1 Å². The van der Waals surface area contributed by atoms with Crippen LogP contribution >= 0.6 is 27.3 Å². The molecule has 162 valence electrons. The lowest BCUT2D eigenvalue weighted by molar-refractivity contribution is 0.281. The molecule has 0 aliphatic rings. The molecule has 4 N–H and O–H groups in total. The van der Waals surface area contributed by atoms with Crippen LogP contribution < -0.4 is 15.4 Å². The van der Waals surface area contributed by atoms with Crippen molar-refractivity contribution in [3.05, 3.63) is 40.8 Å². The Morgan fingerprint density at radius 3 is 2.97 bits per heavy atom. The van der Waals surface area contributed by atoms with Crippen molar-refractivity contribution in [1.29, 1.82) is 0 Å². The minimum absolute atomic E-state index is 0.0414. The third kappa shape index (κ3) is 6.22. The molecule has 0 radical (unpaired) electrons. The van der Waals surface area contributed by atoms with E-state index in [0.29, 0.717) is 41.4 Å². The van der Waals surface area contributed by atoms with Gasteiger partial charge in [-0.15, -0.1) is 11.3 Å². The summed E-state index contributed by atoms with van der Waals surface area (Å²) in [6.45, 7) is 2.79. The number of anilines is 3. The first-order valence-corrected chi connectivity index (χ1v) is 12.2. The van der Waals surface area contributed by atoms with Crippen molar-refractivity contribution in [1.82, 2.24) is 24.2 Å². The number of nitrogens with zero attached hydrogens (tertiary/aromatic N) is 4. The van der Waals surface area contributed by atoms with E-state index < -0.39 is 10.0 Å². The zero-order valence-corrected chi connectivity index (χ0v) is 19.3. The van der Waals surface area contributed by atoms with Crippen LogP contribution in [-0.2, 0) is 16.6 Å². The summed E-state index contributed by atoms with van der Waals surface area (Å²) in [5.74, 6) is 0.831. The summed E-state index contributed by atoms with van der Waals surface area (Å²) in [6.07, 6.45) is 7.45. The number of aryl methyl sites for hydroxylation is 1. The van der Waals surface area contributed by atoms with Gasteiger partial charge >= 0.3 is 0 Å². The van der Waals surface area contributed by atoms with Gasteiger partial charge in [0.15, 0.2) is 0 Å². The van der Waals surface area contributed by atoms with Crippen LogP contribution in [0.25, 0.3) is 0 Å². The molecule has 1 atom stereocenters. The molecule has 13 heteroatoms. The Hall–Kier alpha value is -2.06. The Balaban J connectivity index is 1.59. The summed E-state index contributed by atoms with van der Waals surface area (Å²) in [6, 6.07) is 1.36. The summed E-state index contributed by atoms with van der Waals surface area (Å²) >= 11 is 4.47. The number of nitrogens with one attached hydrogen (secondary N) is 3. The Morgan fingerprint density at radius 1 is 1.40 bits per heavy atom. The number of aliphatic hydroxyl groups excluding tert-OH is 1. The molecule has 3 aromatic heterocycles. The predicted molar refractivity (Wildman–Crippen MR) is 120 cm³/mol. The van der Waals surface area contributed by atoms with E-state index in [1.165, 1.54) is 6.07 Å². The molecule has 10 nitrogen and oxygen atoms in total. The van der Waals surface area contributed by atoms with Gasteiger partial charge in [0.05, 0.1) is 23.1 Å². The fourth-order valence-electron chi connectivity index (χ4n) is 2.42. The van der Waals surface area contributed by atoms with E-state index in [1.54, 1.807) is 24.1 Å². The zero-order valence-electron chi connectivity index (χ0n) is 16.1. The van der Waals surface area contributed by atoms with Crippen LogP contribution in [0.3, 0.4) is 0 Å². The van der Waals surface area contributed by atoms with E-state index >= 15 is 0 Å². The summed E-state index contributed by atoms with van der Waals surface area (Å²) in [5, 5.41) is 16.9. The highest BCUT2D eigenvalue weighted by atomic mass is 79.9. The van der Waals surface area contributed by atoms with Gasteiger partial charge in [0.2, 0.25) is 16.0 Å². The maximum absolute atomic E-state index is 12.5. The SMILES string of the molecule is C[C@H](CO)Nc1nc(Nc2csc(S(=O)(=O)NCCCn3ccnc3)c2)ncc1Br.